The lowest BCUT2D eigenvalue weighted by Gasteiger charge is -2.10. The zero-order chi connectivity index (χ0) is 13.3. The lowest BCUT2D eigenvalue weighted by molar-refractivity contribution is -0.123. The molecule has 1 aromatic carbocycles. The molecule has 0 bridgehead atoms. The number of rotatable bonds is 5. The molecule has 1 aromatic heterocycles. The molecule has 3 rings (SSSR count). The second-order valence-corrected chi connectivity index (χ2v) is 5.19. The van der Waals surface area contributed by atoms with E-state index in [-0.39, 0.29) is 5.91 Å². The molecule has 100 valence electrons. The summed E-state index contributed by atoms with van der Waals surface area (Å²) in [6.45, 7) is 1.50. The standard InChI is InChI=1S/C14H18N4O/c15-14(6-7-14)13(19)16-8-3-9-18-10-17-11-4-1-2-5-12(11)18/h1-2,4-5,10H,3,6-9,15H2,(H,16,19). The number of aromatic nitrogens is 2. The average molecular weight is 258 g/mol. The van der Waals surface area contributed by atoms with Gasteiger partial charge in [0.25, 0.3) is 0 Å². The van der Waals surface area contributed by atoms with E-state index in [0.717, 1.165) is 36.8 Å². The molecule has 2 aromatic rings. The van der Waals surface area contributed by atoms with Gasteiger partial charge in [-0.15, -0.1) is 0 Å². The van der Waals surface area contributed by atoms with Gasteiger partial charge in [-0.1, -0.05) is 12.1 Å². The minimum absolute atomic E-state index is 0.0111. The van der Waals surface area contributed by atoms with E-state index in [9.17, 15) is 4.79 Å². The average Bonchev–Trinajstić information content (AvgIpc) is 3.05. The van der Waals surface area contributed by atoms with Crippen LogP contribution in [0.3, 0.4) is 0 Å². The van der Waals surface area contributed by atoms with E-state index in [1.165, 1.54) is 0 Å². The number of carbonyl (C=O) groups excluding carboxylic acids is 1. The van der Waals surface area contributed by atoms with Gasteiger partial charge in [0.05, 0.1) is 22.9 Å². The van der Waals surface area contributed by atoms with Crippen LogP contribution >= 0.6 is 0 Å². The molecule has 1 amide bonds. The molecule has 1 heterocycles. The molecule has 0 unspecified atom stereocenters. The van der Waals surface area contributed by atoms with Crippen molar-refractivity contribution in [2.45, 2.75) is 31.3 Å². The van der Waals surface area contributed by atoms with E-state index in [0.29, 0.717) is 6.54 Å². The normalized spacial score (nSPS) is 16.5. The number of para-hydroxylation sites is 2. The van der Waals surface area contributed by atoms with Crippen molar-refractivity contribution in [1.82, 2.24) is 14.9 Å². The second-order valence-electron chi connectivity index (χ2n) is 5.19. The number of amides is 1. The summed E-state index contributed by atoms with van der Waals surface area (Å²) in [5.41, 5.74) is 7.38. The highest BCUT2D eigenvalue weighted by Crippen LogP contribution is 2.31. The Morgan fingerprint density at radius 3 is 3.00 bits per heavy atom. The van der Waals surface area contributed by atoms with Crippen molar-refractivity contribution >= 4 is 16.9 Å². The number of hydrogen-bond acceptors (Lipinski definition) is 3. The Bertz CT molecular complexity index is 600. The van der Waals surface area contributed by atoms with E-state index < -0.39 is 5.54 Å². The monoisotopic (exact) mass is 258 g/mol. The number of hydrogen-bond donors (Lipinski definition) is 2. The fourth-order valence-corrected chi connectivity index (χ4v) is 2.18. The fourth-order valence-electron chi connectivity index (χ4n) is 2.18. The smallest absolute Gasteiger partial charge is 0.240 e. The molecule has 0 saturated heterocycles. The molecule has 19 heavy (non-hydrogen) atoms. The molecule has 0 spiro atoms. The van der Waals surface area contributed by atoms with Crippen LogP contribution in [0, 0.1) is 0 Å². The van der Waals surface area contributed by atoms with Gasteiger partial charge in [-0.2, -0.15) is 0 Å². The van der Waals surface area contributed by atoms with Crippen LogP contribution in [0.1, 0.15) is 19.3 Å². The molecule has 1 aliphatic carbocycles. The van der Waals surface area contributed by atoms with Gasteiger partial charge in [-0.25, -0.2) is 4.98 Å². The van der Waals surface area contributed by atoms with E-state index in [4.69, 9.17) is 5.73 Å². The lowest BCUT2D eigenvalue weighted by Crippen LogP contribution is -2.43. The molecule has 5 nitrogen and oxygen atoms in total. The zero-order valence-electron chi connectivity index (χ0n) is 10.8. The number of carbonyl (C=O) groups is 1. The van der Waals surface area contributed by atoms with Gasteiger partial charge >= 0.3 is 0 Å². The number of aryl methyl sites for hydroxylation is 1. The van der Waals surface area contributed by atoms with Gasteiger partial charge < -0.3 is 15.6 Å². The number of benzene rings is 1. The molecule has 1 aliphatic rings. The topological polar surface area (TPSA) is 72.9 Å². The van der Waals surface area contributed by atoms with Gasteiger partial charge in [0.15, 0.2) is 0 Å². The zero-order valence-corrected chi connectivity index (χ0v) is 10.8. The molecular weight excluding hydrogens is 240 g/mol. The van der Waals surface area contributed by atoms with Crippen molar-refractivity contribution in [2.24, 2.45) is 5.73 Å². The number of imidazole rings is 1. The van der Waals surface area contributed by atoms with Crippen molar-refractivity contribution in [3.05, 3.63) is 30.6 Å². The Hall–Kier alpha value is -1.88. The third-order valence-corrected chi connectivity index (χ3v) is 3.63. The van der Waals surface area contributed by atoms with Crippen LogP contribution < -0.4 is 11.1 Å². The van der Waals surface area contributed by atoms with Crippen LogP contribution in [0.5, 0.6) is 0 Å². The molecule has 1 saturated carbocycles. The highest BCUT2D eigenvalue weighted by Gasteiger charge is 2.45. The third-order valence-electron chi connectivity index (χ3n) is 3.63. The molecular formula is C14H18N4O. The van der Waals surface area contributed by atoms with Gasteiger partial charge in [0, 0.05) is 13.1 Å². The van der Waals surface area contributed by atoms with Crippen LogP contribution in [-0.2, 0) is 11.3 Å². The van der Waals surface area contributed by atoms with Crippen molar-refractivity contribution in [3.8, 4) is 0 Å². The quantitative estimate of drug-likeness (QED) is 0.787. The van der Waals surface area contributed by atoms with Crippen LogP contribution in [-0.4, -0.2) is 27.5 Å². The van der Waals surface area contributed by atoms with E-state index in [2.05, 4.69) is 20.9 Å². The summed E-state index contributed by atoms with van der Waals surface area (Å²) in [5, 5.41) is 2.90. The van der Waals surface area contributed by atoms with E-state index in [1.54, 1.807) is 0 Å². The van der Waals surface area contributed by atoms with Crippen molar-refractivity contribution in [3.63, 3.8) is 0 Å². The van der Waals surface area contributed by atoms with Crippen LogP contribution in [0.4, 0.5) is 0 Å². The van der Waals surface area contributed by atoms with Gasteiger partial charge in [0.2, 0.25) is 5.91 Å². The summed E-state index contributed by atoms with van der Waals surface area (Å²) in [6.07, 6.45) is 4.34. The lowest BCUT2D eigenvalue weighted by atomic mass is 10.2. The Labute approximate surface area is 111 Å². The first-order valence-electron chi connectivity index (χ1n) is 6.66. The fraction of sp³-hybridized carbons (Fsp3) is 0.429. The molecule has 3 N–H and O–H groups in total. The van der Waals surface area contributed by atoms with E-state index >= 15 is 0 Å². The summed E-state index contributed by atoms with van der Waals surface area (Å²) in [5.74, 6) is -0.0111. The highest BCUT2D eigenvalue weighted by atomic mass is 16.2. The molecule has 0 atom stereocenters. The maximum absolute atomic E-state index is 11.6. The predicted octanol–water partition coefficient (Wildman–Crippen LogP) is 1.03. The first kappa shape index (κ1) is 12.2. The minimum atomic E-state index is -0.568. The van der Waals surface area contributed by atoms with Gasteiger partial charge in [-0.05, 0) is 31.4 Å². The maximum Gasteiger partial charge on any atom is 0.240 e. The molecule has 0 aliphatic heterocycles. The number of fused-ring (bicyclic) bond motifs is 1. The van der Waals surface area contributed by atoms with Gasteiger partial charge in [-0.3, -0.25) is 4.79 Å². The second kappa shape index (κ2) is 4.66. The minimum Gasteiger partial charge on any atom is -0.354 e. The molecule has 1 fully saturated rings. The Balaban J connectivity index is 1.51. The first-order valence-corrected chi connectivity index (χ1v) is 6.66. The summed E-state index contributed by atoms with van der Waals surface area (Å²) in [4.78, 5) is 16.0. The maximum atomic E-state index is 11.6. The summed E-state index contributed by atoms with van der Waals surface area (Å²) in [6, 6.07) is 8.04. The van der Waals surface area contributed by atoms with Crippen molar-refractivity contribution in [1.29, 1.82) is 0 Å². The molecule has 5 heteroatoms. The van der Waals surface area contributed by atoms with Crippen LogP contribution in [0.2, 0.25) is 0 Å². The summed E-state index contributed by atoms with van der Waals surface area (Å²) in [7, 11) is 0. The largest absolute Gasteiger partial charge is 0.354 e. The Morgan fingerprint density at radius 2 is 2.21 bits per heavy atom. The predicted molar refractivity (Wildman–Crippen MR) is 73.5 cm³/mol. The van der Waals surface area contributed by atoms with E-state index in [1.807, 2.05) is 24.5 Å². The van der Waals surface area contributed by atoms with Crippen molar-refractivity contribution in [2.75, 3.05) is 6.54 Å². The van der Waals surface area contributed by atoms with Crippen LogP contribution in [0.25, 0.3) is 11.0 Å². The Morgan fingerprint density at radius 1 is 1.42 bits per heavy atom. The van der Waals surface area contributed by atoms with Crippen LogP contribution in [0.15, 0.2) is 30.6 Å². The summed E-state index contributed by atoms with van der Waals surface area (Å²) < 4.78 is 2.11. The third kappa shape index (κ3) is 2.46. The highest BCUT2D eigenvalue weighted by molar-refractivity contribution is 5.88. The van der Waals surface area contributed by atoms with Crippen molar-refractivity contribution < 1.29 is 4.79 Å². The Kier molecular flexibility index (Phi) is 2.98. The first-order chi connectivity index (χ1) is 9.19. The number of nitrogens with two attached hydrogens (primary N) is 1. The number of nitrogens with one attached hydrogen (secondary N) is 1. The number of nitrogens with zero attached hydrogens (tertiary/aromatic N) is 2. The SMILES string of the molecule is NC1(C(=O)NCCCn2cnc3ccccc32)CC1. The summed E-state index contributed by atoms with van der Waals surface area (Å²) >= 11 is 0. The molecule has 0 radical (unpaired) electrons. The van der Waals surface area contributed by atoms with Gasteiger partial charge in [0.1, 0.15) is 0 Å².